The quantitative estimate of drug-likeness (QED) is 0.381. The first-order valence-corrected chi connectivity index (χ1v) is 9.80. The van der Waals surface area contributed by atoms with Gasteiger partial charge in [-0.15, -0.1) is 0 Å². The van der Waals surface area contributed by atoms with Crippen LogP contribution in [0.1, 0.15) is 59.3 Å². The molecule has 0 aliphatic rings. The second kappa shape index (κ2) is 15.4. The molecule has 0 rings (SSSR count). The van der Waals surface area contributed by atoms with E-state index in [0.717, 1.165) is 63.3 Å². The van der Waals surface area contributed by atoms with Gasteiger partial charge < -0.3 is 21.7 Å². The van der Waals surface area contributed by atoms with E-state index in [2.05, 4.69) is 38.0 Å². The zero-order chi connectivity index (χ0) is 17.5. The molecular weight excluding hydrogens is 284 g/mol. The van der Waals surface area contributed by atoms with Gasteiger partial charge >= 0.3 is 0 Å². The zero-order valence-corrected chi connectivity index (χ0v) is 16.3. The van der Waals surface area contributed by atoms with E-state index in [0.29, 0.717) is 0 Å². The Bertz CT molecular complexity index is 246. The minimum Gasteiger partial charge on any atom is -0.330 e. The Balaban J connectivity index is 3.87. The molecule has 0 aliphatic carbocycles. The van der Waals surface area contributed by atoms with E-state index in [-0.39, 0.29) is 0 Å². The van der Waals surface area contributed by atoms with Crippen molar-refractivity contribution in [2.24, 2.45) is 29.2 Å². The van der Waals surface area contributed by atoms with E-state index in [1.54, 1.807) is 0 Å². The van der Waals surface area contributed by atoms with Crippen LogP contribution in [-0.2, 0) is 0 Å². The van der Waals surface area contributed by atoms with E-state index >= 15 is 0 Å². The van der Waals surface area contributed by atoms with Crippen LogP contribution in [0.2, 0.25) is 0 Å². The summed E-state index contributed by atoms with van der Waals surface area (Å²) >= 11 is 0. The third kappa shape index (κ3) is 13.9. The monoisotopic (exact) mass is 328 g/mol. The first-order valence-electron chi connectivity index (χ1n) is 9.80. The number of nitrogens with one attached hydrogen (secondary N) is 1. The molecule has 4 nitrogen and oxygen atoms in total. The molecule has 0 saturated carbocycles. The molecule has 2 unspecified atom stereocenters. The molecular formula is C19H44N4. The van der Waals surface area contributed by atoms with E-state index in [1.165, 1.54) is 32.2 Å². The van der Waals surface area contributed by atoms with Crippen LogP contribution >= 0.6 is 0 Å². The number of rotatable bonds is 16. The Hall–Kier alpha value is -0.160. The van der Waals surface area contributed by atoms with Crippen molar-refractivity contribution in [2.45, 2.75) is 59.3 Å². The molecule has 0 aromatic heterocycles. The van der Waals surface area contributed by atoms with Crippen LogP contribution in [0.15, 0.2) is 0 Å². The fourth-order valence-corrected chi connectivity index (χ4v) is 3.14. The highest BCUT2D eigenvalue weighted by atomic mass is 15.1. The standard InChI is InChI=1S/C19H44N4/c1-17(2)19(9-15-23(4)14-7-11-21)16-18(3)8-5-12-22-13-6-10-20/h17-19,22H,5-16,20-21H2,1-4H3. The lowest BCUT2D eigenvalue weighted by Crippen LogP contribution is -2.26. The molecule has 0 heterocycles. The van der Waals surface area contributed by atoms with Gasteiger partial charge in [-0.3, -0.25) is 0 Å². The lowest BCUT2D eigenvalue weighted by molar-refractivity contribution is 0.233. The number of nitrogens with zero attached hydrogens (tertiary/aromatic N) is 1. The van der Waals surface area contributed by atoms with Crippen LogP contribution in [-0.4, -0.2) is 51.2 Å². The summed E-state index contributed by atoms with van der Waals surface area (Å²) in [7, 11) is 2.23. The molecule has 0 aromatic rings. The summed E-state index contributed by atoms with van der Waals surface area (Å²) in [4.78, 5) is 2.44. The maximum Gasteiger partial charge on any atom is -0.000977 e. The Morgan fingerprint density at radius 3 is 2.13 bits per heavy atom. The van der Waals surface area contributed by atoms with Crippen molar-refractivity contribution >= 4 is 0 Å². The maximum absolute atomic E-state index is 5.59. The van der Waals surface area contributed by atoms with E-state index in [4.69, 9.17) is 11.5 Å². The first kappa shape index (κ1) is 22.8. The van der Waals surface area contributed by atoms with Crippen LogP contribution < -0.4 is 16.8 Å². The maximum atomic E-state index is 5.59. The Morgan fingerprint density at radius 2 is 1.52 bits per heavy atom. The summed E-state index contributed by atoms with van der Waals surface area (Å²) in [5.41, 5.74) is 11.1. The highest BCUT2D eigenvalue weighted by molar-refractivity contribution is 4.69. The van der Waals surface area contributed by atoms with Crippen LogP contribution in [0, 0.1) is 17.8 Å². The molecule has 0 spiro atoms. The van der Waals surface area contributed by atoms with Crippen molar-refractivity contribution in [1.29, 1.82) is 0 Å². The second-order valence-corrected chi connectivity index (χ2v) is 7.61. The smallest absolute Gasteiger partial charge is 0.000977 e. The predicted octanol–water partition coefficient (Wildman–Crippen LogP) is 2.67. The highest BCUT2D eigenvalue weighted by Crippen LogP contribution is 2.26. The molecule has 0 amide bonds. The van der Waals surface area contributed by atoms with Crippen LogP contribution in [0.4, 0.5) is 0 Å². The van der Waals surface area contributed by atoms with Crippen molar-refractivity contribution in [3.63, 3.8) is 0 Å². The molecule has 2 atom stereocenters. The van der Waals surface area contributed by atoms with Gasteiger partial charge in [0.05, 0.1) is 0 Å². The van der Waals surface area contributed by atoms with E-state index < -0.39 is 0 Å². The molecule has 5 N–H and O–H groups in total. The number of hydrogen-bond donors (Lipinski definition) is 3. The lowest BCUT2D eigenvalue weighted by atomic mass is 9.83. The van der Waals surface area contributed by atoms with Crippen LogP contribution in [0.25, 0.3) is 0 Å². The van der Waals surface area contributed by atoms with Gasteiger partial charge in [0.15, 0.2) is 0 Å². The summed E-state index contributed by atoms with van der Waals surface area (Å²) in [6.07, 6.45) is 7.50. The topological polar surface area (TPSA) is 67.3 Å². The first-order chi connectivity index (χ1) is 11.0. The second-order valence-electron chi connectivity index (χ2n) is 7.61. The van der Waals surface area contributed by atoms with Gasteiger partial charge in [0.1, 0.15) is 0 Å². The molecule has 0 radical (unpaired) electrons. The minimum atomic E-state index is 0.781. The Morgan fingerprint density at radius 1 is 0.870 bits per heavy atom. The minimum absolute atomic E-state index is 0.781. The molecule has 0 fully saturated rings. The SMILES string of the molecule is CC(CCCNCCCN)CC(CCN(C)CCCN)C(C)C. The average molecular weight is 329 g/mol. The molecule has 140 valence electrons. The van der Waals surface area contributed by atoms with Crippen LogP contribution in [0.5, 0.6) is 0 Å². The summed E-state index contributed by atoms with van der Waals surface area (Å²) in [5, 5.41) is 3.48. The van der Waals surface area contributed by atoms with Crippen LogP contribution in [0.3, 0.4) is 0 Å². The number of hydrogen-bond acceptors (Lipinski definition) is 4. The highest BCUT2D eigenvalue weighted by Gasteiger charge is 2.17. The van der Waals surface area contributed by atoms with Crippen molar-refractivity contribution in [2.75, 3.05) is 46.3 Å². The van der Waals surface area contributed by atoms with Crippen molar-refractivity contribution in [3.05, 3.63) is 0 Å². The molecule has 23 heavy (non-hydrogen) atoms. The zero-order valence-electron chi connectivity index (χ0n) is 16.3. The van der Waals surface area contributed by atoms with Gasteiger partial charge in [-0.2, -0.15) is 0 Å². The van der Waals surface area contributed by atoms with Gasteiger partial charge in [0.25, 0.3) is 0 Å². The van der Waals surface area contributed by atoms with Crippen molar-refractivity contribution < 1.29 is 0 Å². The van der Waals surface area contributed by atoms with Gasteiger partial charge in [-0.25, -0.2) is 0 Å². The van der Waals surface area contributed by atoms with Gasteiger partial charge in [-0.05, 0) is 103 Å². The third-order valence-electron chi connectivity index (χ3n) is 4.88. The molecule has 0 saturated heterocycles. The average Bonchev–Trinajstić information content (AvgIpc) is 2.52. The van der Waals surface area contributed by atoms with Crippen molar-refractivity contribution in [3.8, 4) is 0 Å². The van der Waals surface area contributed by atoms with Gasteiger partial charge in [0, 0.05) is 0 Å². The van der Waals surface area contributed by atoms with Crippen molar-refractivity contribution in [1.82, 2.24) is 10.2 Å². The fourth-order valence-electron chi connectivity index (χ4n) is 3.14. The number of nitrogens with two attached hydrogens (primary N) is 2. The normalized spacial score (nSPS) is 14.6. The Labute approximate surface area is 145 Å². The largest absolute Gasteiger partial charge is 0.330 e. The lowest BCUT2D eigenvalue weighted by Gasteiger charge is -2.27. The van der Waals surface area contributed by atoms with E-state index in [9.17, 15) is 0 Å². The van der Waals surface area contributed by atoms with Gasteiger partial charge in [0.2, 0.25) is 0 Å². The third-order valence-corrected chi connectivity index (χ3v) is 4.88. The van der Waals surface area contributed by atoms with Gasteiger partial charge in [-0.1, -0.05) is 20.8 Å². The predicted molar refractivity (Wildman–Crippen MR) is 104 cm³/mol. The Kier molecular flexibility index (Phi) is 15.3. The summed E-state index contributed by atoms with van der Waals surface area (Å²) in [5.74, 6) is 2.45. The molecule has 4 heteroatoms. The molecule has 0 aromatic carbocycles. The fraction of sp³-hybridized carbons (Fsp3) is 1.00. The summed E-state index contributed by atoms with van der Waals surface area (Å²) < 4.78 is 0. The van der Waals surface area contributed by atoms with E-state index in [1.807, 2.05) is 0 Å². The summed E-state index contributed by atoms with van der Waals surface area (Å²) in [6, 6.07) is 0. The summed E-state index contributed by atoms with van der Waals surface area (Å²) in [6.45, 7) is 13.3. The molecule has 0 bridgehead atoms. The molecule has 0 aliphatic heterocycles.